The Morgan fingerprint density at radius 1 is 1.04 bits per heavy atom. The van der Waals surface area contributed by atoms with Gasteiger partial charge < -0.3 is 4.74 Å². The second kappa shape index (κ2) is 9.42. The van der Waals surface area contributed by atoms with Crippen molar-refractivity contribution in [2.45, 2.75) is 39.0 Å². The standard InChI is InChI=1S/C21H25ClN2O3/c1-21(2,3)16-9-11-18(12-10-16)27-13-5-8-19(25)23-24-20(26)15-6-4-7-17(22)14-15/h4,6-7,9-12,14H,5,8,13H2,1-3H3,(H,23,25)(H,24,26). The molecule has 0 fully saturated rings. The minimum atomic E-state index is -0.416. The molecule has 2 rings (SSSR count). The highest BCUT2D eigenvalue weighted by Gasteiger charge is 2.13. The Hall–Kier alpha value is -2.53. The van der Waals surface area contributed by atoms with Crippen LogP contribution < -0.4 is 15.6 Å². The summed E-state index contributed by atoms with van der Waals surface area (Å²) < 4.78 is 5.65. The van der Waals surface area contributed by atoms with Gasteiger partial charge >= 0.3 is 0 Å². The Bertz CT molecular complexity index is 783. The molecule has 5 nitrogen and oxygen atoms in total. The topological polar surface area (TPSA) is 67.4 Å². The van der Waals surface area contributed by atoms with Crippen LogP contribution in [0.3, 0.4) is 0 Å². The maximum absolute atomic E-state index is 11.9. The normalized spacial score (nSPS) is 11.0. The number of hydrazine groups is 1. The van der Waals surface area contributed by atoms with Gasteiger partial charge in [0.2, 0.25) is 5.91 Å². The fraction of sp³-hybridized carbons (Fsp3) is 0.333. The smallest absolute Gasteiger partial charge is 0.269 e. The molecule has 27 heavy (non-hydrogen) atoms. The Kier molecular flexibility index (Phi) is 7.25. The van der Waals surface area contributed by atoms with Crippen LogP contribution in [0.4, 0.5) is 0 Å². The number of halogens is 1. The van der Waals surface area contributed by atoms with Gasteiger partial charge in [-0.05, 0) is 47.7 Å². The first kappa shape index (κ1) is 20.8. The molecule has 0 unspecified atom stereocenters. The SMILES string of the molecule is CC(C)(C)c1ccc(OCCCC(=O)NNC(=O)c2cccc(Cl)c2)cc1. The number of benzene rings is 2. The molecular formula is C21H25ClN2O3. The summed E-state index contributed by atoms with van der Waals surface area (Å²) in [4.78, 5) is 23.7. The molecule has 0 aromatic heterocycles. The highest BCUT2D eigenvalue weighted by molar-refractivity contribution is 6.30. The Balaban J connectivity index is 1.67. The molecule has 0 aliphatic heterocycles. The molecule has 0 saturated heterocycles. The van der Waals surface area contributed by atoms with Crippen molar-refractivity contribution in [2.75, 3.05) is 6.61 Å². The van der Waals surface area contributed by atoms with E-state index in [1.54, 1.807) is 18.2 Å². The molecule has 0 radical (unpaired) electrons. The van der Waals surface area contributed by atoms with E-state index < -0.39 is 5.91 Å². The molecular weight excluding hydrogens is 364 g/mol. The maximum atomic E-state index is 11.9. The third kappa shape index (κ3) is 6.94. The van der Waals surface area contributed by atoms with E-state index in [1.165, 1.54) is 11.6 Å². The highest BCUT2D eigenvalue weighted by atomic mass is 35.5. The van der Waals surface area contributed by atoms with Gasteiger partial charge in [0.1, 0.15) is 5.75 Å². The second-order valence-electron chi connectivity index (χ2n) is 7.24. The molecule has 2 aromatic carbocycles. The summed E-state index contributed by atoms with van der Waals surface area (Å²) in [6.07, 6.45) is 0.787. The van der Waals surface area contributed by atoms with Crippen molar-refractivity contribution in [1.29, 1.82) is 0 Å². The largest absolute Gasteiger partial charge is 0.494 e. The lowest BCUT2D eigenvalue weighted by atomic mass is 9.87. The van der Waals surface area contributed by atoms with Crippen LogP contribution in [0.15, 0.2) is 48.5 Å². The first-order valence-corrected chi connectivity index (χ1v) is 9.21. The maximum Gasteiger partial charge on any atom is 0.269 e. The van der Waals surface area contributed by atoms with E-state index >= 15 is 0 Å². The number of hydrogen-bond acceptors (Lipinski definition) is 3. The van der Waals surface area contributed by atoms with Gasteiger partial charge in [-0.1, -0.05) is 50.6 Å². The average molecular weight is 389 g/mol. The minimum Gasteiger partial charge on any atom is -0.494 e. The number of rotatable bonds is 6. The minimum absolute atomic E-state index is 0.103. The first-order chi connectivity index (χ1) is 12.8. The van der Waals surface area contributed by atoms with Crippen LogP contribution in [0.5, 0.6) is 5.75 Å². The monoisotopic (exact) mass is 388 g/mol. The van der Waals surface area contributed by atoms with Gasteiger partial charge in [-0.15, -0.1) is 0 Å². The zero-order chi connectivity index (χ0) is 19.9. The van der Waals surface area contributed by atoms with E-state index in [0.717, 1.165) is 5.75 Å². The van der Waals surface area contributed by atoms with Crippen molar-refractivity contribution >= 4 is 23.4 Å². The fourth-order valence-electron chi connectivity index (χ4n) is 2.36. The summed E-state index contributed by atoms with van der Waals surface area (Å²) >= 11 is 5.84. The van der Waals surface area contributed by atoms with Gasteiger partial charge in [0.05, 0.1) is 6.61 Å². The summed E-state index contributed by atoms with van der Waals surface area (Å²) in [5.41, 5.74) is 6.48. The molecule has 2 N–H and O–H groups in total. The van der Waals surface area contributed by atoms with Gasteiger partial charge in [-0.25, -0.2) is 0 Å². The van der Waals surface area contributed by atoms with E-state index in [1.807, 2.05) is 24.3 Å². The van der Waals surface area contributed by atoms with Gasteiger partial charge in [-0.3, -0.25) is 20.4 Å². The number of carbonyl (C=O) groups is 2. The van der Waals surface area contributed by atoms with E-state index in [0.29, 0.717) is 23.6 Å². The molecule has 2 aromatic rings. The zero-order valence-corrected chi connectivity index (χ0v) is 16.6. The third-order valence-corrected chi connectivity index (χ3v) is 4.17. The summed E-state index contributed by atoms with van der Waals surface area (Å²) in [6, 6.07) is 14.5. The molecule has 0 bridgehead atoms. The predicted molar refractivity (Wildman–Crippen MR) is 107 cm³/mol. The van der Waals surface area contributed by atoms with Gasteiger partial charge in [-0.2, -0.15) is 0 Å². The lowest BCUT2D eigenvalue weighted by Crippen LogP contribution is -2.41. The van der Waals surface area contributed by atoms with Gasteiger partial charge in [0.25, 0.3) is 5.91 Å². The molecule has 0 atom stereocenters. The first-order valence-electron chi connectivity index (χ1n) is 8.84. The van der Waals surface area contributed by atoms with Crippen LogP contribution >= 0.6 is 11.6 Å². The predicted octanol–water partition coefficient (Wildman–Crippen LogP) is 4.26. The van der Waals surface area contributed by atoms with Crippen molar-refractivity contribution in [3.63, 3.8) is 0 Å². The number of carbonyl (C=O) groups excluding carboxylic acids is 2. The third-order valence-electron chi connectivity index (χ3n) is 3.94. The number of ether oxygens (including phenoxy) is 1. The fourth-order valence-corrected chi connectivity index (χ4v) is 2.56. The molecule has 0 heterocycles. The molecule has 0 saturated carbocycles. The van der Waals surface area contributed by atoms with Gasteiger partial charge in [0.15, 0.2) is 0 Å². The number of amides is 2. The van der Waals surface area contributed by atoms with Crippen LogP contribution in [0.25, 0.3) is 0 Å². The van der Waals surface area contributed by atoms with Crippen molar-refractivity contribution in [1.82, 2.24) is 10.9 Å². The van der Waals surface area contributed by atoms with Crippen LogP contribution in [-0.2, 0) is 10.2 Å². The van der Waals surface area contributed by atoms with Crippen LogP contribution in [0, 0.1) is 0 Å². The van der Waals surface area contributed by atoms with E-state index in [4.69, 9.17) is 16.3 Å². The van der Waals surface area contributed by atoms with Crippen molar-refractivity contribution in [2.24, 2.45) is 0 Å². The van der Waals surface area contributed by atoms with Crippen LogP contribution in [0.1, 0.15) is 49.5 Å². The summed E-state index contributed by atoms with van der Waals surface area (Å²) in [5.74, 6) is 0.0794. The molecule has 2 amide bonds. The summed E-state index contributed by atoms with van der Waals surface area (Å²) in [7, 11) is 0. The molecule has 144 valence electrons. The Labute approximate surface area is 165 Å². The van der Waals surface area contributed by atoms with E-state index in [9.17, 15) is 9.59 Å². The lowest BCUT2D eigenvalue weighted by molar-refractivity contribution is -0.122. The Morgan fingerprint density at radius 3 is 2.37 bits per heavy atom. The number of hydrogen-bond donors (Lipinski definition) is 2. The van der Waals surface area contributed by atoms with Crippen molar-refractivity contribution in [3.8, 4) is 5.75 Å². The Morgan fingerprint density at radius 2 is 1.74 bits per heavy atom. The molecule has 0 spiro atoms. The zero-order valence-electron chi connectivity index (χ0n) is 15.8. The number of nitrogens with one attached hydrogen (secondary N) is 2. The average Bonchev–Trinajstić information content (AvgIpc) is 2.63. The van der Waals surface area contributed by atoms with E-state index in [-0.39, 0.29) is 17.7 Å². The van der Waals surface area contributed by atoms with Crippen molar-refractivity contribution in [3.05, 3.63) is 64.7 Å². The second-order valence-corrected chi connectivity index (χ2v) is 7.68. The highest BCUT2D eigenvalue weighted by Crippen LogP contribution is 2.24. The molecule has 6 heteroatoms. The lowest BCUT2D eigenvalue weighted by Gasteiger charge is -2.19. The van der Waals surface area contributed by atoms with Crippen molar-refractivity contribution < 1.29 is 14.3 Å². The molecule has 0 aliphatic carbocycles. The van der Waals surface area contributed by atoms with Crippen LogP contribution in [-0.4, -0.2) is 18.4 Å². The van der Waals surface area contributed by atoms with Gasteiger partial charge in [0, 0.05) is 17.0 Å². The summed E-state index contributed by atoms with van der Waals surface area (Å²) in [5, 5.41) is 0.460. The van der Waals surface area contributed by atoms with Crippen LogP contribution in [0.2, 0.25) is 5.02 Å². The molecule has 0 aliphatic rings. The summed E-state index contributed by atoms with van der Waals surface area (Å²) in [6.45, 7) is 6.90. The quantitative estimate of drug-likeness (QED) is 0.574. The van der Waals surface area contributed by atoms with E-state index in [2.05, 4.69) is 31.6 Å².